The molecule has 0 heterocycles. The summed E-state index contributed by atoms with van der Waals surface area (Å²) in [7, 11) is 1.67. The van der Waals surface area contributed by atoms with E-state index in [2.05, 4.69) is 10.6 Å². The van der Waals surface area contributed by atoms with Crippen LogP contribution in [0.3, 0.4) is 0 Å². The number of rotatable bonds is 9. The first kappa shape index (κ1) is 15.8. The van der Waals surface area contributed by atoms with Crippen molar-refractivity contribution in [3.8, 4) is 0 Å². The maximum atomic E-state index is 11.6. The van der Waals surface area contributed by atoms with E-state index >= 15 is 0 Å². The fourth-order valence-corrected chi connectivity index (χ4v) is 1.96. The summed E-state index contributed by atoms with van der Waals surface area (Å²) in [6.07, 6.45) is 3.69. The number of hydrogen-bond acceptors (Lipinski definition) is 3. The van der Waals surface area contributed by atoms with Crippen LogP contribution in [0.5, 0.6) is 0 Å². The van der Waals surface area contributed by atoms with Gasteiger partial charge in [0.25, 0.3) is 0 Å². The summed E-state index contributed by atoms with van der Waals surface area (Å²) in [6, 6.07) is -0.289. The zero-order valence-electron chi connectivity index (χ0n) is 11.7. The maximum Gasteiger partial charge on any atom is 0.314 e. The molecule has 1 aliphatic rings. The van der Waals surface area contributed by atoms with Gasteiger partial charge in [-0.05, 0) is 31.1 Å². The molecule has 0 radical (unpaired) electrons. The molecule has 0 bridgehead atoms. The van der Waals surface area contributed by atoms with Crippen molar-refractivity contribution in [1.29, 1.82) is 0 Å². The molecule has 0 saturated heterocycles. The molecule has 1 aliphatic carbocycles. The molecule has 0 aliphatic heterocycles. The standard InChI is InChI=1S/C13H24N2O4/c1-3-10(11(16)17)8-14-12(18)15-9-13(4-5-13)6-7-19-2/h10H,3-9H2,1-2H3,(H,16,17)(H2,14,15,18). The molecule has 0 aromatic rings. The summed E-state index contributed by atoms with van der Waals surface area (Å²) in [5, 5.41) is 14.3. The maximum absolute atomic E-state index is 11.6. The number of ether oxygens (including phenoxy) is 1. The van der Waals surface area contributed by atoms with Crippen molar-refractivity contribution < 1.29 is 19.4 Å². The quantitative estimate of drug-likeness (QED) is 0.589. The lowest BCUT2D eigenvalue weighted by Crippen LogP contribution is -2.42. The lowest BCUT2D eigenvalue weighted by molar-refractivity contribution is -0.141. The van der Waals surface area contributed by atoms with Gasteiger partial charge in [0.05, 0.1) is 5.92 Å². The molecule has 6 nitrogen and oxygen atoms in total. The molecule has 1 atom stereocenters. The first-order valence-corrected chi connectivity index (χ1v) is 6.76. The Hall–Kier alpha value is -1.30. The van der Waals surface area contributed by atoms with E-state index in [9.17, 15) is 9.59 Å². The normalized spacial score (nSPS) is 17.6. The molecule has 19 heavy (non-hydrogen) atoms. The van der Waals surface area contributed by atoms with Crippen LogP contribution in [-0.4, -0.2) is 43.9 Å². The summed E-state index contributed by atoms with van der Waals surface area (Å²) in [5.74, 6) is -1.39. The monoisotopic (exact) mass is 272 g/mol. The molecular weight excluding hydrogens is 248 g/mol. The van der Waals surface area contributed by atoms with Crippen molar-refractivity contribution in [1.82, 2.24) is 10.6 Å². The van der Waals surface area contributed by atoms with Gasteiger partial charge < -0.3 is 20.5 Å². The van der Waals surface area contributed by atoms with E-state index in [4.69, 9.17) is 9.84 Å². The number of amides is 2. The van der Waals surface area contributed by atoms with Crippen LogP contribution >= 0.6 is 0 Å². The van der Waals surface area contributed by atoms with Gasteiger partial charge in [0.2, 0.25) is 0 Å². The Morgan fingerprint density at radius 2 is 2.05 bits per heavy atom. The molecule has 2 amide bonds. The first-order valence-electron chi connectivity index (χ1n) is 6.76. The molecular formula is C13H24N2O4. The number of aliphatic carboxylic acids is 1. The minimum atomic E-state index is -0.874. The molecule has 3 N–H and O–H groups in total. The number of carbonyl (C=O) groups is 2. The molecule has 1 fully saturated rings. The van der Waals surface area contributed by atoms with Crippen LogP contribution in [0, 0.1) is 11.3 Å². The van der Waals surface area contributed by atoms with E-state index < -0.39 is 11.9 Å². The number of urea groups is 1. The number of carboxylic acid groups (broad SMARTS) is 1. The zero-order chi connectivity index (χ0) is 14.3. The van der Waals surface area contributed by atoms with Gasteiger partial charge in [-0.25, -0.2) is 4.79 Å². The number of hydrogen-bond donors (Lipinski definition) is 3. The smallest absolute Gasteiger partial charge is 0.314 e. The highest BCUT2D eigenvalue weighted by Crippen LogP contribution is 2.48. The number of carboxylic acids is 1. The number of nitrogens with one attached hydrogen (secondary N) is 2. The lowest BCUT2D eigenvalue weighted by atomic mass is 10.0. The third-order valence-corrected chi connectivity index (χ3v) is 3.77. The van der Waals surface area contributed by atoms with Crippen LogP contribution in [0.25, 0.3) is 0 Å². The van der Waals surface area contributed by atoms with E-state index in [-0.39, 0.29) is 18.0 Å². The van der Waals surface area contributed by atoms with Crippen LogP contribution in [0.2, 0.25) is 0 Å². The van der Waals surface area contributed by atoms with Crippen molar-refractivity contribution in [3.63, 3.8) is 0 Å². The number of carbonyl (C=O) groups excluding carboxylic acids is 1. The molecule has 0 spiro atoms. The minimum absolute atomic E-state index is 0.169. The van der Waals surface area contributed by atoms with E-state index in [1.165, 1.54) is 0 Å². The first-order chi connectivity index (χ1) is 9.03. The highest BCUT2D eigenvalue weighted by atomic mass is 16.5. The predicted octanol–water partition coefficient (Wildman–Crippen LogP) is 1.21. The highest BCUT2D eigenvalue weighted by Gasteiger charge is 2.42. The Balaban J connectivity index is 2.19. The van der Waals surface area contributed by atoms with Crippen molar-refractivity contribution in [2.45, 2.75) is 32.6 Å². The van der Waals surface area contributed by atoms with Crippen molar-refractivity contribution in [2.75, 3.05) is 26.8 Å². The molecule has 1 unspecified atom stereocenters. The van der Waals surface area contributed by atoms with Gasteiger partial charge in [0.1, 0.15) is 0 Å². The largest absolute Gasteiger partial charge is 0.481 e. The van der Waals surface area contributed by atoms with Gasteiger partial charge in [-0.15, -0.1) is 0 Å². The molecule has 110 valence electrons. The third kappa shape index (κ3) is 5.46. The van der Waals surface area contributed by atoms with E-state index in [1.807, 2.05) is 0 Å². The Kier molecular flexibility index (Phi) is 6.08. The van der Waals surface area contributed by atoms with Crippen molar-refractivity contribution in [3.05, 3.63) is 0 Å². The van der Waals surface area contributed by atoms with Crippen LogP contribution in [0.4, 0.5) is 4.79 Å². The Labute approximate surface area is 113 Å². The second-order valence-electron chi connectivity index (χ2n) is 5.25. The summed E-state index contributed by atoms with van der Waals surface area (Å²) >= 11 is 0. The summed E-state index contributed by atoms with van der Waals surface area (Å²) in [4.78, 5) is 22.4. The molecule has 1 rings (SSSR count). The van der Waals surface area contributed by atoms with Crippen LogP contribution in [0.1, 0.15) is 32.6 Å². The average Bonchev–Trinajstić information content (AvgIpc) is 3.15. The fraction of sp³-hybridized carbons (Fsp3) is 0.846. The van der Waals surface area contributed by atoms with Crippen LogP contribution < -0.4 is 10.6 Å². The van der Waals surface area contributed by atoms with Gasteiger partial charge in [-0.1, -0.05) is 6.92 Å². The average molecular weight is 272 g/mol. The highest BCUT2D eigenvalue weighted by molar-refractivity contribution is 5.75. The van der Waals surface area contributed by atoms with Crippen molar-refractivity contribution in [2.24, 2.45) is 11.3 Å². The van der Waals surface area contributed by atoms with Crippen LogP contribution in [-0.2, 0) is 9.53 Å². The Morgan fingerprint density at radius 1 is 1.37 bits per heavy atom. The van der Waals surface area contributed by atoms with E-state index in [0.29, 0.717) is 19.6 Å². The van der Waals surface area contributed by atoms with Gasteiger partial charge in [-0.2, -0.15) is 0 Å². The third-order valence-electron chi connectivity index (χ3n) is 3.77. The molecule has 0 aromatic heterocycles. The Bertz CT molecular complexity index is 316. The number of methoxy groups -OCH3 is 1. The topological polar surface area (TPSA) is 87.7 Å². The van der Waals surface area contributed by atoms with Gasteiger partial charge in [0.15, 0.2) is 0 Å². The Morgan fingerprint density at radius 3 is 2.53 bits per heavy atom. The van der Waals surface area contributed by atoms with E-state index in [1.54, 1.807) is 14.0 Å². The van der Waals surface area contributed by atoms with Gasteiger partial charge in [-0.3, -0.25) is 4.79 Å². The van der Waals surface area contributed by atoms with Gasteiger partial charge >= 0.3 is 12.0 Å². The fourth-order valence-electron chi connectivity index (χ4n) is 1.96. The minimum Gasteiger partial charge on any atom is -0.481 e. The van der Waals surface area contributed by atoms with E-state index in [0.717, 1.165) is 19.3 Å². The zero-order valence-corrected chi connectivity index (χ0v) is 11.7. The summed E-state index contributed by atoms with van der Waals surface area (Å²) in [5.41, 5.74) is 0.199. The second kappa shape index (κ2) is 7.33. The van der Waals surface area contributed by atoms with Crippen molar-refractivity contribution >= 4 is 12.0 Å². The van der Waals surface area contributed by atoms with Gasteiger partial charge in [0, 0.05) is 26.8 Å². The van der Waals surface area contributed by atoms with Crippen LogP contribution in [0.15, 0.2) is 0 Å². The molecule has 0 aromatic carbocycles. The second-order valence-corrected chi connectivity index (χ2v) is 5.25. The molecule has 1 saturated carbocycles. The summed E-state index contributed by atoms with van der Waals surface area (Å²) in [6.45, 7) is 3.30. The summed E-state index contributed by atoms with van der Waals surface area (Å²) < 4.78 is 5.05. The lowest BCUT2D eigenvalue weighted by Gasteiger charge is -2.17. The SMILES string of the molecule is CCC(CNC(=O)NCC1(CCOC)CC1)C(=O)O. The molecule has 6 heteroatoms. The predicted molar refractivity (Wildman–Crippen MR) is 71.0 cm³/mol.